The zero-order chi connectivity index (χ0) is 13.4. The van der Waals surface area contributed by atoms with Crippen molar-refractivity contribution in [2.75, 3.05) is 20.2 Å². The van der Waals surface area contributed by atoms with Gasteiger partial charge in [-0.3, -0.25) is 4.79 Å². The molecule has 0 fully saturated rings. The topological polar surface area (TPSA) is 64.3 Å². The molecule has 0 radical (unpaired) electrons. The van der Waals surface area contributed by atoms with Crippen molar-refractivity contribution >= 4 is 5.91 Å². The maximum atomic E-state index is 11.6. The number of benzene rings is 1. The lowest BCUT2D eigenvalue weighted by atomic mass is 9.98. The van der Waals surface area contributed by atoms with Gasteiger partial charge in [0.05, 0.1) is 0 Å². The molecule has 0 aromatic heterocycles. The third-order valence-electron chi connectivity index (χ3n) is 3.04. The molecule has 0 bridgehead atoms. The van der Waals surface area contributed by atoms with E-state index in [0.29, 0.717) is 12.5 Å². The number of hydrogen-bond donors (Lipinski definition) is 2. The van der Waals surface area contributed by atoms with Crippen molar-refractivity contribution < 1.29 is 9.53 Å². The Morgan fingerprint density at radius 2 is 2.06 bits per heavy atom. The molecule has 0 aliphatic rings. The summed E-state index contributed by atoms with van der Waals surface area (Å²) in [6.07, 6.45) is 0.355. The molecule has 0 saturated heterocycles. The summed E-state index contributed by atoms with van der Waals surface area (Å²) in [5.74, 6) is 0.283. The van der Waals surface area contributed by atoms with E-state index in [1.54, 1.807) is 0 Å². The lowest BCUT2D eigenvalue weighted by Crippen LogP contribution is -2.41. The minimum atomic E-state index is -0.544. The molecule has 2 unspecified atom stereocenters. The number of nitrogens with two attached hydrogens (primary N) is 1. The Hall–Kier alpha value is -1.39. The normalized spacial score (nSPS) is 13.9. The van der Waals surface area contributed by atoms with Crippen LogP contribution < -0.4 is 11.1 Å². The van der Waals surface area contributed by atoms with Crippen molar-refractivity contribution in [3.05, 3.63) is 35.9 Å². The Morgan fingerprint density at radius 3 is 2.61 bits per heavy atom. The standard InChI is InChI=1S/C14H22N2O2/c1-11(12-6-4-3-5-7-12)8-9-16-14(17)13(10-15)18-2/h3-7,11,13H,8-10,15H2,1-2H3,(H,16,17). The first kappa shape index (κ1) is 14.7. The van der Waals surface area contributed by atoms with Gasteiger partial charge in [0.1, 0.15) is 6.10 Å². The molecule has 1 aromatic rings. The maximum Gasteiger partial charge on any atom is 0.250 e. The first-order valence-electron chi connectivity index (χ1n) is 6.24. The molecule has 1 rings (SSSR count). The zero-order valence-corrected chi connectivity index (χ0v) is 11.1. The Labute approximate surface area is 109 Å². The van der Waals surface area contributed by atoms with Crippen LogP contribution in [0.5, 0.6) is 0 Å². The monoisotopic (exact) mass is 250 g/mol. The predicted octanol–water partition coefficient (Wildman–Crippen LogP) is 1.27. The molecule has 0 heterocycles. The van der Waals surface area contributed by atoms with Gasteiger partial charge >= 0.3 is 0 Å². The third-order valence-corrected chi connectivity index (χ3v) is 3.04. The fourth-order valence-corrected chi connectivity index (χ4v) is 1.78. The van der Waals surface area contributed by atoms with Crippen LogP contribution >= 0.6 is 0 Å². The molecule has 100 valence electrons. The van der Waals surface area contributed by atoms with E-state index in [4.69, 9.17) is 10.5 Å². The van der Waals surface area contributed by atoms with Crippen molar-refractivity contribution in [1.82, 2.24) is 5.32 Å². The van der Waals surface area contributed by atoms with Gasteiger partial charge in [-0.05, 0) is 17.9 Å². The van der Waals surface area contributed by atoms with Crippen LogP contribution in [0.2, 0.25) is 0 Å². The number of carbonyl (C=O) groups excluding carboxylic acids is 1. The van der Waals surface area contributed by atoms with Crippen LogP contribution in [0.15, 0.2) is 30.3 Å². The molecule has 2 atom stereocenters. The Bertz CT molecular complexity index is 350. The van der Waals surface area contributed by atoms with Gasteiger partial charge in [0.2, 0.25) is 5.91 Å². The van der Waals surface area contributed by atoms with Crippen LogP contribution in [0.3, 0.4) is 0 Å². The molecule has 4 heteroatoms. The number of ether oxygens (including phenoxy) is 1. The molecule has 0 saturated carbocycles. The Kier molecular flexibility index (Phi) is 6.39. The van der Waals surface area contributed by atoms with Gasteiger partial charge in [-0.1, -0.05) is 37.3 Å². The number of rotatable bonds is 7. The van der Waals surface area contributed by atoms with Crippen molar-refractivity contribution in [2.45, 2.75) is 25.4 Å². The zero-order valence-electron chi connectivity index (χ0n) is 11.1. The van der Waals surface area contributed by atoms with Crippen LogP contribution in [0.4, 0.5) is 0 Å². The molecular weight excluding hydrogens is 228 g/mol. The summed E-state index contributed by atoms with van der Waals surface area (Å²) < 4.78 is 4.97. The number of hydrogen-bond acceptors (Lipinski definition) is 3. The molecule has 1 amide bonds. The van der Waals surface area contributed by atoms with Crippen LogP contribution in [0.25, 0.3) is 0 Å². The van der Waals surface area contributed by atoms with Gasteiger partial charge in [0.15, 0.2) is 0 Å². The minimum Gasteiger partial charge on any atom is -0.370 e. The summed E-state index contributed by atoms with van der Waals surface area (Å²) in [5.41, 5.74) is 6.71. The molecule has 1 aromatic carbocycles. The SMILES string of the molecule is COC(CN)C(=O)NCCC(C)c1ccccc1. The van der Waals surface area contributed by atoms with Crippen molar-refractivity contribution in [2.24, 2.45) is 5.73 Å². The number of nitrogens with one attached hydrogen (secondary N) is 1. The minimum absolute atomic E-state index is 0.139. The van der Waals surface area contributed by atoms with Gasteiger partial charge < -0.3 is 15.8 Å². The second kappa shape index (κ2) is 7.84. The van der Waals surface area contributed by atoms with E-state index >= 15 is 0 Å². The van der Waals surface area contributed by atoms with E-state index in [0.717, 1.165) is 6.42 Å². The van der Waals surface area contributed by atoms with E-state index in [-0.39, 0.29) is 12.5 Å². The summed E-state index contributed by atoms with van der Waals surface area (Å²) in [5, 5.41) is 2.84. The molecule has 3 N–H and O–H groups in total. The van der Waals surface area contributed by atoms with E-state index in [9.17, 15) is 4.79 Å². The highest BCUT2D eigenvalue weighted by Gasteiger charge is 2.15. The average molecular weight is 250 g/mol. The summed E-state index contributed by atoms with van der Waals surface area (Å²) in [6, 6.07) is 10.3. The van der Waals surface area contributed by atoms with Gasteiger partial charge in [-0.2, -0.15) is 0 Å². The molecule has 0 aliphatic carbocycles. The number of methoxy groups -OCH3 is 1. The molecule has 0 aliphatic heterocycles. The Morgan fingerprint density at radius 1 is 1.39 bits per heavy atom. The quantitative estimate of drug-likeness (QED) is 0.766. The van der Waals surface area contributed by atoms with Crippen LogP contribution in [0.1, 0.15) is 24.8 Å². The van der Waals surface area contributed by atoms with Crippen molar-refractivity contribution in [3.63, 3.8) is 0 Å². The highest BCUT2D eigenvalue weighted by molar-refractivity contribution is 5.80. The first-order valence-corrected chi connectivity index (χ1v) is 6.24. The largest absolute Gasteiger partial charge is 0.370 e. The van der Waals surface area contributed by atoms with E-state index in [1.807, 2.05) is 18.2 Å². The van der Waals surface area contributed by atoms with Crippen molar-refractivity contribution in [3.8, 4) is 0 Å². The lowest BCUT2D eigenvalue weighted by molar-refractivity contribution is -0.130. The van der Waals surface area contributed by atoms with E-state index in [1.165, 1.54) is 12.7 Å². The lowest BCUT2D eigenvalue weighted by Gasteiger charge is -2.15. The fraction of sp³-hybridized carbons (Fsp3) is 0.500. The number of amides is 1. The summed E-state index contributed by atoms with van der Waals surface area (Å²) >= 11 is 0. The molecule has 0 spiro atoms. The van der Waals surface area contributed by atoms with Crippen molar-refractivity contribution in [1.29, 1.82) is 0 Å². The Balaban J connectivity index is 2.32. The predicted molar refractivity (Wildman–Crippen MR) is 72.3 cm³/mol. The molecule has 18 heavy (non-hydrogen) atoms. The van der Waals surface area contributed by atoms with Crippen LogP contribution in [0, 0.1) is 0 Å². The van der Waals surface area contributed by atoms with E-state index < -0.39 is 6.10 Å². The van der Waals surface area contributed by atoms with E-state index in [2.05, 4.69) is 24.4 Å². The van der Waals surface area contributed by atoms with Crippen LogP contribution in [-0.4, -0.2) is 32.2 Å². The second-order valence-corrected chi connectivity index (χ2v) is 4.35. The van der Waals surface area contributed by atoms with Gasteiger partial charge in [0.25, 0.3) is 0 Å². The summed E-state index contributed by atoms with van der Waals surface area (Å²) in [4.78, 5) is 11.6. The van der Waals surface area contributed by atoms with Gasteiger partial charge in [0, 0.05) is 20.2 Å². The highest BCUT2D eigenvalue weighted by Crippen LogP contribution is 2.17. The maximum absolute atomic E-state index is 11.6. The molecule has 4 nitrogen and oxygen atoms in total. The smallest absolute Gasteiger partial charge is 0.250 e. The van der Waals surface area contributed by atoms with Gasteiger partial charge in [-0.15, -0.1) is 0 Å². The average Bonchev–Trinajstić information content (AvgIpc) is 2.41. The third kappa shape index (κ3) is 4.47. The summed E-state index contributed by atoms with van der Waals surface area (Å²) in [6.45, 7) is 2.99. The number of carbonyl (C=O) groups is 1. The van der Waals surface area contributed by atoms with Gasteiger partial charge in [-0.25, -0.2) is 0 Å². The fourth-order valence-electron chi connectivity index (χ4n) is 1.78. The highest BCUT2D eigenvalue weighted by atomic mass is 16.5. The first-order chi connectivity index (χ1) is 8.69. The summed E-state index contributed by atoms with van der Waals surface area (Å²) in [7, 11) is 1.49. The second-order valence-electron chi connectivity index (χ2n) is 4.35. The van der Waals surface area contributed by atoms with Crippen LogP contribution in [-0.2, 0) is 9.53 Å². The molecular formula is C14H22N2O2.